The second-order valence-electron chi connectivity index (χ2n) is 3.00. The molecule has 0 saturated heterocycles. The van der Waals surface area contributed by atoms with Crippen LogP contribution in [0.15, 0.2) is 21.2 Å². The van der Waals surface area contributed by atoms with Gasteiger partial charge >= 0.3 is 5.97 Å². The lowest BCUT2D eigenvalue weighted by atomic mass is 10.3. The Morgan fingerprint density at radius 3 is 2.94 bits per heavy atom. The zero-order chi connectivity index (χ0) is 11.7. The van der Waals surface area contributed by atoms with Crippen LogP contribution in [-0.2, 0) is 4.74 Å². The van der Waals surface area contributed by atoms with E-state index in [0.717, 1.165) is 9.48 Å². The van der Waals surface area contributed by atoms with Gasteiger partial charge in [0.25, 0.3) is 0 Å². The number of hydrogen-bond donors (Lipinski definition) is 0. The van der Waals surface area contributed by atoms with Crippen LogP contribution in [0.25, 0.3) is 10.6 Å². The summed E-state index contributed by atoms with van der Waals surface area (Å²) in [4.78, 5) is 16.3. The molecule has 0 unspecified atom stereocenters. The first-order chi connectivity index (χ1) is 7.63. The van der Waals surface area contributed by atoms with Gasteiger partial charge in [-0.25, -0.2) is 9.78 Å². The minimum absolute atomic E-state index is 0.292. The molecule has 0 radical (unpaired) electrons. The number of carbonyl (C=O) groups excluding carboxylic acids is 1. The van der Waals surface area contributed by atoms with Gasteiger partial charge in [0, 0.05) is 0 Å². The van der Waals surface area contributed by atoms with Crippen LogP contribution in [-0.4, -0.2) is 18.1 Å². The first-order valence-electron chi connectivity index (χ1n) is 4.42. The molecule has 0 aliphatic carbocycles. The Bertz CT molecular complexity index is 532. The molecule has 2 aromatic heterocycles. The number of methoxy groups -OCH3 is 1. The smallest absolute Gasteiger partial charge is 0.358 e. The van der Waals surface area contributed by atoms with Gasteiger partial charge in [0.05, 0.1) is 22.9 Å². The summed E-state index contributed by atoms with van der Waals surface area (Å²) in [5, 5.41) is 0.790. The molecular formula is C10H8BrNO3S. The van der Waals surface area contributed by atoms with Gasteiger partial charge in [-0.2, -0.15) is 0 Å². The number of furan rings is 1. The second kappa shape index (κ2) is 4.39. The van der Waals surface area contributed by atoms with Gasteiger partial charge in [-0.1, -0.05) is 0 Å². The van der Waals surface area contributed by atoms with Crippen LogP contribution in [0.2, 0.25) is 0 Å². The molecule has 0 atom stereocenters. The normalized spacial score (nSPS) is 10.4. The average Bonchev–Trinajstić information content (AvgIpc) is 2.83. The summed E-state index contributed by atoms with van der Waals surface area (Å²) < 4.78 is 10.8. The molecule has 2 heterocycles. The third-order valence-electron chi connectivity index (χ3n) is 1.94. The van der Waals surface area contributed by atoms with Crippen molar-refractivity contribution in [1.29, 1.82) is 0 Å². The maximum absolute atomic E-state index is 11.5. The highest BCUT2D eigenvalue weighted by Crippen LogP contribution is 2.36. The van der Waals surface area contributed by atoms with Gasteiger partial charge in [-0.15, -0.1) is 11.3 Å². The standard InChI is InChI=1S/C10H8BrNO3S/c1-5-12-7(10(13)14-2)9(16-5)8-6(11)3-4-15-8/h3-4H,1-2H3. The molecule has 0 bridgehead atoms. The fourth-order valence-electron chi connectivity index (χ4n) is 1.27. The number of thiazole rings is 1. The topological polar surface area (TPSA) is 52.3 Å². The van der Waals surface area contributed by atoms with E-state index in [1.807, 2.05) is 6.92 Å². The van der Waals surface area contributed by atoms with Crippen molar-refractivity contribution >= 4 is 33.2 Å². The van der Waals surface area contributed by atoms with Gasteiger partial charge < -0.3 is 9.15 Å². The second-order valence-corrected chi connectivity index (χ2v) is 5.06. The summed E-state index contributed by atoms with van der Waals surface area (Å²) in [5.74, 6) is 0.147. The van der Waals surface area contributed by atoms with E-state index in [2.05, 4.69) is 25.7 Å². The largest absolute Gasteiger partial charge is 0.464 e. The van der Waals surface area contributed by atoms with Crippen molar-refractivity contribution in [3.8, 4) is 10.6 Å². The summed E-state index contributed by atoms with van der Waals surface area (Å²) >= 11 is 4.74. The van der Waals surface area contributed by atoms with E-state index < -0.39 is 5.97 Å². The number of nitrogens with zero attached hydrogens (tertiary/aromatic N) is 1. The lowest BCUT2D eigenvalue weighted by molar-refractivity contribution is 0.0595. The molecule has 0 aromatic carbocycles. The monoisotopic (exact) mass is 301 g/mol. The van der Waals surface area contributed by atoms with Crippen molar-refractivity contribution in [1.82, 2.24) is 4.98 Å². The van der Waals surface area contributed by atoms with E-state index in [4.69, 9.17) is 4.42 Å². The molecule has 2 rings (SSSR count). The average molecular weight is 302 g/mol. The first-order valence-corrected chi connectivity index (χ1v) is 6.03. The van der Waals surface area contributed by atoms with E-state index in [9.17, 15) is 4.79 Å². The Morgan fingerprint density at radius 1 is 1.62 bits per heavy atom. The molecule has 4 nitrogen and oxygen atoms in total. The van der Waals surface area contributed by atoms with Crippen LogP contribution in [0.3, 0.4) is 0 Å². The molecular weight excluding hydrogens is 294 g/mol. The molecule has 0 saturated carbocycles. The molecule has 6 heteroatoms. The Morgan fingerprint density at radius 2 is 2.38 bits per heavy atom. The highest BCUT2D eigenvalue weighted by atomic mass is 79.9. The van der Waals surface area contributed by atoms with Gasteiger partial charge in [0.1, 0.15) is 4.88 Å². The van der Waals surface area contributed by atoms with E-state index in [0.29, 0.717) is 16.3 Å². The van der Waals surface area contributed by atoms with E-state index in [1.54, 1.807) is 12.3 Å². The summed E-state index contributed by atoms with van der Waals surface area (Å²) in [6.45, 7) is 1.83. The van der Waals surface area contributed by atoms with Crippen molar-refractivity contribution in [2.24, 2.45) is 0 Å². The zero-order valence-corrected chi connectivity index (χ0v) is 11.0. The van der Waals surface area contributed by atoms with Crippen LogP contribution < -0.4 is 0 Å². The molecule has 0 spiro atoms. The fourth-order valence-corrected chi connectivity index (χ4v) is 2.71. The third kappa shape index (κ3) is 1.90. The number of aromatic nitrogens is 1. The van der Waals surface area contributed by atoms with E-state index >= 15 is 0 Å². The van der Waals surface area contributed by atoms with Gasteiger partial charge in [-0.3, -0.25) is 0 Å². The SMILES string of the molecule is COC(=O)c1nc(C)sc1-c1occc1Br. The minimum Gasteiger partial charge on any atom is -0.464 e. The first kappa shape index (κ1) is 11.3. The Labute approximate surface area is 104 Å². The van der Waals surface area contributed by atoms with Gasteiger partial charge in [0.2, 0.25) is 0 Å². The highest BCUT2D eigenvalue weighted by Gasteiger charge is 2.22. The van der Waals surface area contributed by atoms with Crippen molar-refractivity contribution in [3.05, 3.63) is 27.5 Å². The summed E-state index contributed by atoms with van der Waals surface area (Å²) in [7, 11) is 1.33. The van der Waals surface area contributed by atoms with Gasteiger partial charge in [-0.05, 0) is 28.9 Å². The Balaban J connectivity index is 2.57. The quantitative estimate of drug-likeness (QED) is 0.799. The van der Waals surface area contributed by atoms with Crippen molar-refractivity contribution in [2.75, 3.05) is 7.11 Å². The highest BCUT2D eigenvalue weighted by molar-refractivity contribution is 9.10. The zero-order valence-electron chi connectivity index (χ0n) is 8.61. The van der Waals surface area contributed by atoms with E-state index in [1.165, 1.54) is 18.4 Å². The minimum atomic E-state index is -0.456. The Kier molecular flexibility index (Phi) is 3.11. The molecule has 0 aliphatic heterocycles. The van der Waals surface area contributed by atoms with Crippen LogP contribution in [0.5, 0.6) is 0 Å². The molecule has 0 N–H and O–H groups in total. The summed E-state index contributed by atoms with van der Waals surface area (Å²) in [6, 6.07) is 1.77. The fraction of sp³-hybridized carbons (Fsp3) is 0.200. The summed E-state index contributed by atoms with van der Waals surface area (Å²) in [5.41, 5.74) is 0.292. The lowest BCUT2D eigenvalue weighted by Gasteiger charge is -1.97. The number of carbonyl (C=O) groups is 1. The number of ether oxygens (including phenoxy) is 1. The van der Waals surface area contributed by atoms with Crippen molar-refractivity contribution in [3.63, 3.8) is 0 Å². The van der Waals surface area contributed by atoms with Crippen LogP contribution in [0, 0.1) is 6.92 Å². The molecule has 16 heavy (non-hydrogen) atoms. The number of aryl methyl sites for hydroxylation is 1. The van der Waals surface area contributed by atoms with Crippen molar-refractivity contribution in [2.45, 2.75) is 6.92 Å². The molecule has 2 aromatic rings. The maximum atomic E-state index is 11.5. The predicted octanol–water partition coefficient (Wildman–Crippen LogP) is 3.26. The molecule has 84 valence electrons. The van der Waals surface area contributed by atoms with Crippen LogP contribution >= 0.6 is 27.3 Å². The lowest BCUT2D eigenvalue weighted by Crippen LogP contribution is -2.03. The molecule has 0 aliphatic rings. The van der Waals surface area contributed by atoms with Gasteiger partial charge in [0.15, 0.2) is 11.5 Å². The van der Waals surface area contributed by atoms with E-state index in [-0.39, 0.29) is 0 Å². The maximum Gasteiger partial charge on any atom is 0.358 e. The third-order valence-corrected chi connectivity index (χ3v) is 3.53. The van der Waals surface area contributed by atoms with Crippen LogP contribution in [0.4, 0.5) is 0 Å². The Hall–Kier alpha value is -1.14. The molecule has 0 fully saturated rings. The van der Waals surface area contributed by atoms with Crippen LogP contribution in [0.1, 0.15) is 15.5 Å². The number of esters is 1. The number of hydrogen-bond acceptors (Lipinski definition) is 5. The summed E-state index contributed by atoms with van der Waals surface area (Å²) in [6.07, 6.45) is 1.55. The predicted molar refractivity (Wildman–Crippen MR) is 63.6 cm³/mol. The van der Waals surface area contributed by atoms with Crippen molar-refractivity contribution < 1.29 is 13.9 Å². The molecule has 0 amide bonds. The number of halogens is 1. The number of rotatable bonds is 2.